The zero-order valence-corrected chi connectivity index (χ0v) is 12.2. The molecule has 0 aromatic rings. The number of rotatable bonds is 6. The van der Waals surface area contributed by atoms with Gasteiger partial charge in [0.25, 0.3) is 0 Å². The van der Waals surface area contributed by atoms with Crippen LogP contribution in [0, 0.1) is 0 Å². The van der Waals surface area contributed by atoms with Crippen LogP contribution >= 0.6 is 14.7 Å². The van der Waals surface area contributed by atoms with Gasteiger partial charge in [-0.05, 0) is 27.7 Å². The lowest BCUT2D eigenvalue weighted by Gasteiger charge is -2.22. The fraction of sp³-hybridized carbons (Fsp3) is 1.00. The Kier molecular flexibility index (Phi) is 5.77. The van der Waals surface area contributed by atoms with E-state index in [1.54, 1.807) is 27.7 Å². The summed E-state index contributed by atoms with van der Waals surface area (Å²) in [4.78, 5) is 0. The van der Waals surface area contributed by atoms with Crippen molar-refractivity contribution in [2.75, 3.05) is 19.2 Å². The first kappa shape index (κ1) is 15.4. The second kappa shape index (κ2) is 5.63. The molecule has 0 heterocycles. The Morgan fingerprint density at radius 3 is 1.33 bits per heavy atom. The van der Waals surface area contributed by atoms with E-state index in [1.165, 1.54) is 13.3 Å². The maximum Gasteiger partial charge on any atom is 0.209 e. The van der Waals surface area contributed by atoms with E-state index in [9.17, 15) is 9.13 Å². The molecule has 0 N–H and O–H groups in total. The Labute approximate surface area is 92.6 Å². The molecule has 0 aromatic carbocycles. The largest absolute Gasteiger partial charge is 0.326 e. The van der Waals surface area contributed by atoms with Crippen LogP contribution in [-0.4, -0.2) is 31.4 Å². The van der Waals surface area contributed by atoms with Crippen molar-refractivity contribution in [2.45, 2.75) is 39.9 Å². The minimum absolute atomic E-state index is 0.0103. The molecule has 6 heteroatoms. The lowest BCUT2D eigenvalue weighted by Crippen LogP contribution is -2.06. The molecule has 15 heavy (non-hydrogen) atoms. The summed E-state index contributed by atoms with van der Waals surface area (Å²) >= 11 is 0. The average molecular weight is 256 g/mol. The highest BCUT2D eigenvalue weighted by Crippen LogP contribution is 2.59. The summed E-state index contributed by atoms with van der Waals surface area (Å²) in [6.07, 6.45) is -0.250. The third-order valence-electron chi connectivity index (χ3n) is 1.38. The zero-order chi connectivity index (χ0) is 12.3. The van der Waals surface area contributed by atoms with E-state index >= 15 is 0 Å². The van der Waals surface area contributed by atoms with Crippen molar-refractivity contribution in [3.05, 3.63) is 0 Å². The predicted octanol–water partition coefficient (Wildman–Crippen LogP) is 3.61. The van der Waals surface area contributed by atoms with Gasteiger partial charge in [0.2, 0.25) is 14.7 Å². The molecule has 92 valence electrons. The van der Waals surface area contributed by atoms with Gasteiger partial charge in [0.15, 0.2) is 0 Å². The standard InChI is InChI=1S/C9H22O4P2/c1-8(2)12-14(5,10)7-15(6,11)13-9(3)4/h8-9H,7H2,1-6H3. The zero-order valence-electron chi connectivity index (χ0n) is 10.4. The SMILES string of the molecule is CC(C)OP(C)(=O)CP(C)(=O)OC(C)C. The lowest BCUT2D eigenvalue weighted by molar-refractivity contribution is 0.239. The van der Waals surface area contributed by atoms with Crippen molar-refractivity contribution in [3.8, 4) is 0 Å². The second-order valence-corrected chi connectivity index (χ2v) is 10.1. The van der Waals surface area contributed by atoms with Crippen LogP contribution in [0.15, 0.2) is 0 Å². The van der Waals surface area contributed by atoms with Gasteiger partial charge in [-0.2, -0.15) is 0 Å². The van der Waals surface area contributed by atoms with Gasteiger partial charge in [-0.15, -0.1) is 0 Å². The van der Waals surface area contributed by atoms with E-state index in [4.69, 9.17) is 9.05 Å². The van der Waals surface area contributed by atoms with Crippen LogP contribution < -0.4 is 0 Å². The van der Waals surface area contributed by atoms with Crippen molar-refractivity contribution < 1.29 is 18.2 Å². The maximum absolute atomic E-state index is 11.9. The van der Waals surface area contributed by atoms with E-state index < -0.39 is 14.7 Å². The van der Waals surface area contributed by atoms with Gasteiger partial charge in [0.05, 0.1) is 12.2 Å². The first-order valence-corrected chi connectivity index (χ1v) is 9.55. The monoisotopic (exact) mass is 256 g/mol. The molecule has 2 unspecified atom stereocenters. The normalized spacial score (nSPS) is 20.3. The van der Waals surface area contributed by atoms with Crippen molar-refractivity contribution in [2.24, 2.45) is 0 Å². The first-order valence-electron chi connectivity index (χ1n) is 5.04. The molecule has 0 aliphatic heterocycles. The quantitative estimate of drug-likeness (QED) is 0.681. The van der Waals surface area contributed by atoms with Gasteiger partial charge >= 0.3 is 0 Å². The Balaban J connectivity index is 4.44. The highest BCUT2D eigenvalue weighted by molar-refractivity contribution is 7.75. The van der Waals surface area contributed by atoms with E-state index in [2.05, 4.69) is 0 Å². The molecule has 0 aliphatic carbocycles. The van der Waals surface area contributed by atoms with Gasteiger partial charge in [-0.3, -0.25) is 9.13 Å². The van der Waals surface area contributed by atoms with Crippen LogP contribution in [-0.2, 0) is 18.2 Å². The van der Waals surface area contributed by atoms with Crippen LogP contribution in [0.5, 0.6) is 0 Å². The Morgan fingerprint density at radius 2 is 1.13 bits per heavy atom. The number of hydrogen-bond donors (Lipinski definition) is 0. The van der Waals surface area contributed by atoms with E-state index in [0.29, 0.717) is 0 Å². The van der Waals surface area contributed by atoms with Crippen LogP contribution in [0.25, 0.3) is 0 Å². The molecular weight excluding hydrogens is 234 g/mol. The Bertz CT molecular complexity index is 258. The minimum Gasteiger partial charge on any atom is -0.326 e. The minimum atomic E-state index is -2.81. The van der Waals surface area contributed by atoms with Crippen molar-refractivity contribution in [1.82, 2.24) is 0 Å². The van der Waals surface area contributed by atoms with Gasteiger partial charge in [-0.25, -0.2) is 0 Å². The Hall–Kier alpha value is 0.380. The molecule has 0 aliphatic rings. The summed E-state index contributed by atoms with van der Waals surface area (Å²) in [6.45, 7) is 10.2. The highest BCUT2D eigenvalue weighted by Gasteiger charge is 2.30. The fourth-order valence-corrected chi connectivity index (χ4v) is 7.48. The average Bonchev–Trinajstić information content (AvgIpc) is 1.73. The molecule has 0 amide bonds. The van der Waals surface area contributed by atoms with Crippen LogP contribution in [0.4, 0.5) is 0 Å². The van der Waals surface area contributed by atoms with E-state index in [-0.39, 0.29) is 18.1 Å². The second-order valence-electron chi connectivity index (χ2n) is 4.48. The van der Waals surface area contributed by atoms with Gasteiger partial charge in [0, 0.05) is 13.3 Å². The van der Waals surface area contributed by atoms with Crippen molar-refractivity contribution >= 4 is 14.7 Å². The summed E-state index contributed by atoms with van der Waals surface area (Å²) in [5, 5.41) is 0. The summed E-state index contributed by atoms with van der Waals surface area (Å²) in [5.41, 5.74) is 0. The van der Waals surface area contributed by atoms with Crippen LogP contribution in [0.3, 0.4) is 0 Å². The third kappa shape index (κ3) is 8.21. The highest BCUT2D eigenvalue weighted by atomic mass is 31.2. The van der Waals surface area contributed by atoms with Crippen molar-refractivity contribution in [1.29, 1.82) is 0 Å². The van der Waals surface area contributed by atoms with E-state index in [1.807, 2.05) is 0 Å². The molecule has 0 bridgehead atoms. The lowest BCUT2D eigenvalue weighted by atomic mass is 10.5. The fourth-order valence-electron chi connectivity index (χ4n) is 1.43. The first-order chi connectivity index (χ1) is 6.54. The molecule has 0 aromatic heterocycles. The predicted molar refractivity (Wildman–Crippen MR) is 64.4 cm³/mol. The number of hydrogen-bond acceptors (Lipinski definition) is 4. The smallest absolute Gasteiger partial charge is 0.209 e. The Morgan fingerprint density at radius 1 is 0.867 bits per heavy atom. The van der Waals surface area contributed by atoms with E-state index in [0.717, 1.165) is 0 Å². The van der Waals surface area contributed by atoms with Crippen LogP contribution in [0.1, 0.15) is 27.7 Å². The summed E-state index contributed by atoms with van der Waals surface area (Å²) < 4.78 is 34.4. The van der Waals surface area contributed by atoms with Crippen molar-refractivity contribution in [3.63, 3.8) is 0 Å². The summed E-state index contributed by atoms with van der Waals surface area (Å²) in [7, 11) is -5.63. The molecule has 0 radical (unpaired) electrons. The van der Waals surface area contributed by atoms with Gasteiger partial charge in [0.1, 0.15) is 5.90 Å². The molecule has 2 atom stereocenters. The molecule has 0 rings (SSSR count). The maximum atomic E-state index is 11.9. The molecule has 4 nitrogen and oxygen atoms in total. The molecular formula is C9H22O4P2. The van der Waals surface area contributed by atoms with Gasteiger partial charge in [-0.1, -0.05) is 0 Å². The summed E-state index contributed by atoms with van der Waals surface area (Å²) in [5.74, 6) is 0.0103. The third-order valence-corrected chi connectivity index (χ3v) is 7.23. The van der Waals surface area contributed by atoms with Crippen LogP contribution in [0.2, 0.25) is 0 Å². The molecule has 0 saturated carbocycles. The van der Waals surface area contributed by atoms with Gasteiger partial charge < -0.3 is 9.05 Å². The topological polar surface area (TPSA) is 52.6 Å². The molecule has 0 saturated heterocycles. The molecule has 0 spiro atoms. The summed E-state index contributed by atoms with van der Waals surface area (Å²) in [6, 6.07) is 0. The molecule has 0 fully saturated rings.